The summed E-state index contributed by atoms with van der Waals surface area (Å²) in [5.74, 6) is 0.579. The summed E-state index contributed by atoms with van der Waals surface area (Å²) in [6, 6.07) is 14.2. The lowest BCUT2D eigenvalue weighted by atomic mass is 10.2. The highest BCUT2D eigenvalue weighted by Crippen LogP contribution is 2.17. The summed E-state index contributed by atoms with van der Waals surface area (Å²) in [6.45, 7) is 0.845. The Morgan fingerprint density at radius 2 is 1.64 bits per heavy atom. The molecule has 2 rings (SSSR count). The first-order valence-corrected chi connectivity index (χ1v) is 9.39. The van der Waals surface area contributed by atoms with Gasteiger partial charge in [0.1, 0.15) is 5.75 Å². The van der Waals surface area contributed by atoms with Gasteiger partial charge < -0.3 is 4.74 Å². The van der Waals surface area contributed by atoms with Crippen molar-refractivity contribution in [2.45, 2.75) is 24.2 Å². The number of non-ortho nitro benzene ring substituents is 1. The number of nitro benzene ring substituents is 1. The molecule has 0 aromatic heterocycles. The minimum Gasteiger partial charge on any atom is -0.494 e. The van der Waals surface area contributed by atoms with E-state index in [2.05, 4.69) is 4.72 Å². The lowest BCUT2D eigenvalue weighted by Crippen LogP contribution is -2.24. The second kappa shape index (κ2) is 9.14. The van der Waals surface area contributed by atoms with Crippen molar-refractivity contribution < 1.29 is 18.1 Å². The Morgan fingerprint density at radius 1 is 0.960 bits per heavy atom. The van der Waals surface area contributed by atoms with Crippen molar-refractivity contribution >= 4 is 15.7 Å². The number of nitrogens with one attached hydrogen (secondary N) is 1. The predicted molar refractivity (Wildman–Crippen MR) is 94.1 cm³/mol. The summed E-state index contributed by atoms with van der Waals surface area (Å²) in [5.41, 5.74) is 0.0260. The highest BCUT2D eigenvalue weighted by Gasteiger charge is 2.11. The monoisotopic (exact) mass is 364 g/mol. The fraction of sp³-hybridized carbons (Fsp3) is 0.294. The molecule has 0 saturated carbocycles. The molecule has 1 N–H and O–H groups in total. The van der Waals surface area contributed by atoms with E-state index in [1.165, 1.54) is 12.1 Å². The SMILES string of the molecule is O=[N+]([O-])c1ccc(OCCCCCNS(=O)(=O)c2ccccc2)cc1. The molecule has 0 aliphatic carbocycles. The van der Waals surface area contributed by atoms with Gasteiger partial charge in [0.15, 0.2) is 0 Å². The van der Waals surface area contributed by atoms with E-state index in [0.29, 0.717) is 25.3 Å². The molecule has 7 nitrogen and oxygen atoms in total. The van der Waals surface area contributed by atoms with Crippen LogP contribution in [0.25, 0.3) is 0 Å². The summed E-state index contributed by atoms with van der Waals surface area (Å²) in [7, 11) is -3.44. The van der Waals surface area contributed by atoms with Crippen LogP contribution in [0.1, 0.15) is 19.3 Å². The molecular weight excluding hydrogens is 344 g/mol. The Hall–Kier alpha value is -2.45. The lowest BCUT2D eigenvalue weighted by Gasteiger charge is -2.07. The van der Waals surface area contributed by atoms with Crippen molar-refractivity contribution in [2.75, 3.05) is 13.2 Å². The third-order valence-corrected chi connectivity index (χ3v) is 4.96. The second-order valence-electron chi connectivity index (χ2n) is 5.37. The molecule has 0 saturated heterocycles. The molecule has 2 aromatic carbocycles. The van der Waals surface area contributed by atoms with Gasteiger partial charge in [-0.15, -0.1) is 0 Å². The third kappa shape index (κ3) is 6.17. The predicted octanol–water partition coefficient (Wildman–Crippen LogP) is 3.12. The summed E-state index contributed by atoms with van der Waals surface area (Å²) in [4.78, 5) is 10.4. The zero-order valence-corrected chi connectivity index (χ0v) is 14.4. The van der Waals surface area contributed by atoms with Crippen molar-refractivity contribution in [2.24, 2.45) is 0 Å². The van der Waals surface area contributed by atoms with Crippen molar-refractivity contribution in [3.63, 3.8) is 0 Å². The zero-order valence-electron chi connectivity index (χ0n) is 13.6. The van der Waals surface area contributed by atoms with E-state index in [1.807, 2.05) is 0 Å². The largest absolute Gasteiger partial charge is 0.494 e. The number of unbranched alkanes of at least 4 members (excludes halogenated alkanes) is 2. The Balaban J connectivity index is 1.61. The highest BCUT2D eigenvalue weighted by atomic mass is 32.2. The molecule has 2 aromatic rings. The molecule has 0 bridgehead atoms. The average Bonchev–Trinajstić information content (AvgIpc) is 2.62. The summed E-state index contributed by atoms with van der Waals surface area (Å²) < 4.78 is 32.1. The second-order valence-corrected chi connectivity index (χ2v) is 7.14. The number of benzene rings is 2. The van der Waals surface area contributed by atoms with E-state index in [-0.39, 0.29) is 10.6 Å². The number of ether oxygens (including phenoxy) is 1. The van der Waals surface area contributed by atoms with Crippen LogP contribution in [0.3, 0.4) is 0 Å². The average molecular weight is 364 g/mol. The van der Waals surface area contributed by atoms with Crippen molar-refractivity contribution in [3.05, 3.63) is 64.7 Å². The normalized spacial score (nSPS) is 11.2. The van der Waals surface area contributed by atoms with Gasteiger partial charge in [-0.3, -0.25) is 10.1 Å². The first-order chi connectivity index (χ1) is 12.0. The molecule has 0 unspecified atom stereocenters. The van der Waals surface area contributed by atoms with Gasteiger partial charge in [-0.2, -0.15) is 0 Å². The smallest absolute Gasteiger partial charge is 0.269 e. The summed E-state index contributed by atoms with van der Waals surface area (Å²) >= 11 is 0. The van der Waals surface area contributed by atoms with Gasteiger partial charge in [0.05, 0.1) is 16.4 Å². The molecule has 0 aliphatic heterocycles. The van der Waals surface area contributed by atoms with Gasteiger partial charge >= 0.3 is 0 Å². The number of nitrogens with zero attached hydrogens (tertiary/aromatic N) is 1. The van der Waals surface area contributed by atoms with Crippen LogP contribution in [0.4, 0.5) is 5.69 Å². The molecule has 134 valence electrons. The van der Waals surface area contributed by atoms with Crippen LogP contribution in [0, 0.1) is 10.1 Å². The molecule has 0 amide bonds. The van der Waals surface area contributed by atoms with Crippen molar-refractivity contribution in [3.8, 4) is 5.75 Å². The van der Waals surface area contributed by atoms with Crippen LogP contribution in [0.5, 0.6) is 5.75 Å². The van der Waals surface area contributed by atoms with Gasteiger partial charge in [-0.25, -0.2) is 13.1 Å². The molecule has 0 radical (unpaired) electrons. The minimum atomic E-state index is -3.44. The maximum atomic E-state index is 12.0. The standard InChI is InChI=1S/C17H20N2O5S/c20-19(21)15-9-11-16(12-10-15)24-14-6-2-5-13-18-25(22,23)17-7-3-1-4-8-17/h1,3-4,7-12,18H,2,5-6,13-14H2. The summed E-state index contributed by atoms with van der Waals surface area (Å²) in [5, 5.41) is 10.6. The Morgan fingerprint density at radius 3 is 2.28 bits per heavy atom. The number of hydrogen-bond acceptors (Lipinski definition) is 5. The Bertz CT molecular complexity index is 776. The van der Waals surface area contributed by atoms with E-state index >= 15 is 0 Å². The van der Waals surface area contributed by atoms with Gasteiger partial charge in [0, 0.05) is 18.7 Å². The Labute approximate surface area is 146 Å². The zero-order chi connectivity index (χ0) is 18.1. The first-order valence-electron chi connectivity index (χ1n) is 7.91. The highest BCUT2D eigenvalue weighted by molar-refractivity contribution is 7.89. The molecule has 0 aliphatic rings. The lowest BCUT2D eigenvalue weighted by molar-refractivity contribution is -0.384. The topological polar surface area (TPSA) is 98.5 Å². The van der Waals surface area contributed by atoms with Gasteiger partial charge in [-0.05, 0) is 43.5 Å². The van der Waals surface area contributed by atoms with E-state index < -0.39 is 14.9 Å². The van der Waals surface area contributed by atoms with Crippen molar-refractivity contribution in [1.82, 2.24) is 4.72 Å². The van der Waals surface area contributed by atoms with E-state index in [0.717, 1.165) is 12.8 Å². The van der Waals surface area contributed by atoms with Crippen LogP contribution in [-0.4, -0.2) is 26.5 Å². The van der Waals surface area contributed by atoms with Crippen LogP contribution >= 0.6 is 0 Å². The molecule has 8 heteroatoms. The number of rotatable bonds is 10. The first kappa shape index (κ1) is 18.9. The molecule has 0 heterocycles. The molecule has 0 atom stereocenters. The molecule has 0 spiro atoms. The molecule has 25 heavy (non-hydrogen) atoms. The van der Waals surface area contributed by atoms with Gasteiger partial charge in [0.25, 0.3) is 5.69 Å². The fourth-order valence-electron chi connectivity index (χ4n) is 2.15. The molecule has 0 fully saturated rings. The van der Waals surface area contributed by atoms with E-state index in [9.17, 15) is 18.5 Å². The van der Waals surface area contributed by atoms with Gasteiger partial charge in [-0.1, -0.05) is 18.2 Å². The number of nitro groups is 1. The fourth-order valence-corrected chi connectivity index (χ4v) is 3.24. The van der Waals surface area contributed by atoms with E-state index in [1.54, 1.807) is 42.5 Å². The Kier molecular flexibility index (Phi) is 6.91. The number of sulfonamides is 1. The number of hydrogen-bond donors (Lipinski definition) is 1. The minimum absolute atomic E-state index is 0.0260. The maximum Gasteiger partial charge on any atom is 0.269 e. The van der Waals surface area contributed by atoms with Crippen LogP contribution in [0.15, 0.2) is 59.5 Å². The van der Waals surface area contributed by atoms with Crippen LogP contribution in [0.2, 0.25) is 0 Å². The third-order valence-electron chi connectivity index (χ3n) is 3.48. The quantitative estimate of drug-likeness (QED) is 0.397. The van der Waals surface area contributed by atoms with Crippen molar-refractivity contribution in [1.29, 1.82) is 0 Å². The summed E-state index contributed by atoms with van der Waals surface area (Å²) in [6.07, 6.45) is 2.28. The molecular formula is C17H20N2O5S. The van der Waals surface area contributed by atoms with E-state index in [4.69, 9.17) is 4.74 Å². The van der Waals surface area contributed by atoms with Crippen LogP contribution < -0.4 is 9.46 Å². The van der Waals surface area contributed by atoms with Crippen LogP contribution in [-0.2, 0) is 10.0 Å². The maximum absolute atomic E-state index is 12.0. The van der Waals surface area contributed by atoms with Gasteiger partial charge in [0.2, 0.25) is 10.0 Å².